The second kappa shape index (κ2) is 5.31. The summed E-state index contributed by atoms with van der Waals surface area (Å²) in [5.74, 6) is 0. The van der Waals surface area contributed by atoms with E-state index >= 15 is 0 Å². The van der Waals surface area contributed by atoms with Gasteiger partial charge in [-0.15, -0.1) is 11.3 Å². The van der Waals surface area contributed by atoms with Crippen molar-refractivity contribution in [2.45, 2.75) is 26.4 Å². The predicted molar refractivity (Wildman–Crippen MR) is 80.8 cm³/mol. The molecule has 0 atom stereocenters. The molecule has 1 aliphatic rings. The van der Waals surface area contributed by atoms with Crippen molar-refractivity contribution in [3.63, 3.8) is 0 Å². The second-order valence-electron chi connectivity index (χ2n) is 5.10. The largest absolute Gasteiger partial charge is 0.374 e. The van der Waals surface area contributed by atoms with E-state index in [1.165, 1.54) is 28.1 Å². The zero-order valence-corrected chi connectivity index (χ0v) is 12.3. The third-order valence-electron chi connectivity index (χ3n) is 3.73. The van der Waals surface area contributed by atoms with Crippen molar-refractivity contribution in [2.24, 2.45) is 0 Å². The molecule has 0 unspecified atom stereocenters. The van der Waals surface area contributed by atoms with E-state index in [-0.39, 0.29) is 0 Å². The molecule has 1 N–H and O–H groups in total. The number of aryl methyl sites for hydroxylation is 1. The first-order valence-corrected chi connectivity index (χ1v) is 7.54. The molecule has 0 fully saturated rings. The van der Waals surface area contributed by atoms with Crippen LogP contribution in [0.1, 0.15) is 21.7 Å². The van der Waals surface area contributed by atoms with Gasteiger partial charge in [0.1, 0.15) is 0 Å². The molecule has 0 amide bonds. The Hall–Kier alpha value is -1.39. The molecule has 100 valence electrons. The summed E-state index contributed by atoms with van der Waals surface area (Å²) in [6.45, 7) is 5.05. The SMILES string of the molecule is Cc1ncsc1CNCc1ccc2c(c1)CCN2C. The molecule has 4 heteroatoms. The van der Waals surface area contributed by atoms with E-state index < -0.39 is 0 Å². The highest BCUT2D eigenvalue weighted by molar-refractivity contribution is 7.09. The van der Waals surface area contributed by atoms with Crippen LogP contribution < -0.4 is 10.2 Å². The third-order valence-corrected chi connectivity index (χ3v) is 4.67. The molecule has 0 saturated heterocycles. The van der Waals surface area contributed by atoms with Gasteiger partial charge in [-0.1, -0.05) is 12.1 Å². The van der Waals surface area contributed by atoms with Crippen molar-refractivity contribution >= 4 is 17.0 Å². The number of hydrogen-bond acceptors (Lipinski definition) is 4. The van der Waals surface area contributed by atoms with E-state index in [1.807, 2.05) is 5.51 Å². The van der Waals surface area contributed by atoms with Crippen LogP contribution in [0.25, 0.3) is 0 Å². The molecule has 0 saturated carbocycles. The molecule has 0 bridgehead atoms. The minimum atomic E-state index is 0.910. The Kier molecular flexibility index (Phi) is 3.53. The van der Waals surface area contributed by atoms with Gasteiger partial charge in [0, 0.05) is 37.2 Å². The van der Waals surface area contributed by atoms with Crippen LogP contribution in [0.15, 0.2) is 23.7 Å². The van der Waals surface area contributed by atoms with Gasteiger partial charge in [0.05, 0.1) is 11.2 Å². The zero-order valence-electron chi connectivity index (χ0n) is 11.4. The summed E-state index contributed by atoms with van der Waals surface area (Å²) < 4.78 is 0. The van der Waals surface area contributed by atoms with Crippen LogP contribution in [-0.4, -0.2) is 18.6 Å². The van der Waals surface area contributed by atoms with Crippen molar-refractivity contribution in [3.8, 4) is 0 Å². The van der Waals surface area contributed by atoms with Crippen LogP contribution in [0.4, 0.5) is 5.69 Å². The summed E-state index contributed by atoms with van der Waals surface area (Å²) in [7, 11) is 2.16. The number of fused-ring (bicyclic) bond motifs is 1. The van der Waals surface area contributed by atoms with Crippen molar-refractivity contribution < 1.29 is 0 Å². The average molecular weight is 273 g/mol. The van der Waals surface area contributed by atoms with Gasteiger partial charge < -0.3 is 10.2 Å². The molecule has 3 rings (SSSR count). The quantitative estimate of drug-likeness (QED) is 0.928. The number of anilines is 1. The number of nitrogens with zero attached hydrogens (tertiary/aromatic N) is 2. The minimum absolute atomic E-state index is 0.910. The fraction of sp³-hybridized carbons (Fsp3) is 0.400. The lowest BCUT2D eigenvalue weighted by atomic mass is 10.1. The highest BCUT2D eigenvalue weighted by Crippen LogP contribution is 2.27. The van der Waals surface area contributed by atoms with Crippen LogP contribution >= 0.6 is 11.3 Å². The van der Waals surface area contributed by atoms with Crippen LogP contribution in [-0.2, 0) is 19.5 Å². The molecule has 1 aliphatic heterocycles. The molecule has 3 nitrogen and oxygen atoms in total. The van der Waals surface area contributed by atoms with Gasteiger partial charge in [-0.3, -0.25) is 0 Å². The van der Waals surface area contributed by atoms with E-state index in [1.54, 1.807) is 11.3 Å². The Morgan fingerprint density at radius 3 is 3.05 bits per heavy atom. The maximum absolute atomic E-state index is 4.27. The van der Waals surface area contributed by atoms with E-state index in [2.05, 4.69) is 47.4 Å². The lowest BCUT2D eigenvalue weighted by Gasteiger charge is -2.12. The van der Waals surface area contributed by atoms with E-state index in [0.717, 1.165) is 25.3 Å². The normalized spacial score (nSPS) is 13.9. The Bertz CT molecular complexity index is 577. The lowest BCUT2D eigenvalue weighted by Crippen LogP contribution is -2.13. The van der Waals surface area contributed by atoms with E-state index in [9.17, 15) is 0 Å². The Labute approximate surface area is 118 Å². The summed E-state index contributed by atoms with van der Waals surface area (Å²) in [6.07, 6.45) is 1.17. The number of nitrogens with one attached hydrogen (secondary N) is 1. The molecule has 0 aliphatic carbocycles. The molecule has 0 radical (unpaired) electrons. The molecule has 2 heterocycles. The molecule has 0 spiro atoms. The number of hydrogen-bond donors (Lipinski definition) is 1. The van der Waals surface area contributed by atoms with Crippen molar-refractivity contribution in [3.05, 3.63) is 45.4 Å². The highest BCUT2D eigenvalue weighted by atomic mass is 32.1. The fourth-order valence-corrected chi connectivity index (χ4v) is 3.29. The average Bonchev–Trinajstić information content (AvgIpc) is 2.97. The number of rotatable bonds is 4. The first kappa shape index (κ1) is 12.6. The van der Waals surface area contributed by atoms with Crippen LogP contribution in [0.3, 0.4) is 0 Å². The molecule has 1 aromatic heterocycles. The van der Waals surface area contributed by atoms with Gasteiger partial charge in [-0.25, -0.2) is 4.98 Å². The van der Waals surface area contributed by atoms with Crippen LogP contribution in [0, 0.1) is 6.92 Å². The number of thiazole rings is 1. The predicted octanol–water partition coefficient (Wildman–Crippen LogP) is 2.73. The van der Waals surface area contributed by atoms with Gasteiger partial charge in [-0.2, -0.15) is 0 Å². The zero-order chi connectivity index (χ0) is 13.2. The Balaban J connectivity index is 1.60. The topological polar surface area (TPSA) is 28.2 Å². The number of aromatic nitrogens is 1. The van der Waals surface area contributed by atoms with Gasteiger partial charge >= 0.3 is 0 Å². The lowest BCUT2D eigenvalue weighted by molar-refractivity contribution is 0.696. The maximum atomic E-state index is 4.27. The highest BCUT2D eigenvalue weighted by Gasteiger charge is 2.15. The summed E-state index contributed by atoms with van der Waals surface area (Å²) >= 11 is 1.72. The molecule has 19 heavy (non-hydrogen) atoms. The van der Waals surface area contributed by atoms with Gasteiger partial charge in [0.15, 0.2) is 0 Å². The summed E-state index contributed by atoms with van der Waals surface area (Å²) in [6, 6.07) is 6.82. The van der Waals surface area contributed by atoms with E-state index in [4.69, 9.17) is 0 Å². The number of benzene rings is 1. The third kappa shape index (κ3) is 2.65. The van der Waals surface area contributed by atoms with Crippen LogP contribution in [0.5, 0.6) is 0 Å². The van der Waals surface area contributed by atoms with E-state index in [0.29, 0.717) is 0 Å². The molecular weight excluding hydrogens is 254 g/mol. The van der Waals surface area contributed by atoms with Crippen molar-refractivity contribution in [2.75, 3.05) is 18.5 Å². The van der Waals surface area contributed by atoms with Gasteiger partial charge in [0.25, 0.3) is 0 Å². The summed E-state index contributed by atoms with van der Waals surface area (Å²) in [5.41, 5.74) is 7.31. The molecule has 1 aromatic carbocycles. The molecular formula is C15H19N3S. The second-order valence-corrected chi connectivity index (χ2v) is 6.04. The van der Waals surface area contributed by atoms with Gasteiger partial charge in [0.2, 0.25) is 0 Å². The standard InChI is InChI=1S/C15H19N3S/c1-11-15(19-10-17-11)9-16-8-12-3-4-14-13(7-12)5-6-18(14)2/h3-4,7,10,16H,5-6,8-9H2,1-2H3. The van der Waals surface area contributed by atoms with Crippen molar-refractivity contribution in [1.82, 2.24) is 10.3 Å². The monoisotopic (exact) mass is 273 g/mol. The smallest absolute Gasteiger partial charge is 0.0798 e. The summed E-state index contributed by atoms with van der Waals surface area (Å²) in [5, 5.41) is 3.50. The fourth-order valence-electron chi connectivity index (χ4n) is 2.55. The number of likely N-dealkylation sites (N-methyl/N-ethyl adjacent to an activating group) is 1. The minimum Gasteiger partial charge on any atom is -0.374 e. The van der Waals surface area contributed by atoms with Crippen LogP contribution in [0.2, 0.25) is 0 Å². The van der Waals surface area contributed by atoms with Crippen molar-refractivity contribution in [1.29, 1.82) is 0 Å². The van der Waals surface area contributed by atoms with Gasteiger partial charge in [-0.05, 0) is 30.5 Å². The first-order valence-electron chi connectivity index (χ1n) is 6.66. The Morgan fingerprint density at radius 2 is 2.26 bits per heavy atom. The Morgan fingerprint density at radius 1 is 1.37 bits per heavy atom. The summed E-state index contributed by atoms with van der Waals surface area (Å²) in [4.78, 5) is 7.93. The first-order chi connectivity index (χ1) is 9.24. The molecule has 2 aromatic rings. The maximum Gasteiger partial charge on any atom is 0.0798 e.